The van der Waals surface area contributed by atoms with Gasteiger partial charge in [-0.1, -0.05) is 0 Å². The van der Waals surface area contributed by atoms with E-state index in [1.54, 1.807) is 13.8 Å². The van der Waals surface area contributed by atoms with E-state index in [0.717, 1.165) is 11.3 Å². The Balaban J connectivity index is 2.86. The van der Waals surface area contributed by atoms with Crippen molar-refractivity contribution in [3.8, 4) is 6.07 Å². The van der Waals surface area contributed by atoms with Gasteiger partial charge in [0, 0.05) is 0 Å². The number of rotatable bonds is 3. The summed E-state index contributed by atoms with van der Waals surface area (Å²) < 4.78 is 23.0. The predicted octanol–water partition coefficient (Wildman–Crippen LogP) is 1.34. The molecule has 0 aliphatic heterocycles. The number of thiazole rings is 1. The molecule has 0 saturated carbocycles. The Labute approximate surface area is 87.1 Å². The summed E-state index contributed by atoms with van der Waals surface area (Å²) in [6.07, 6.45) is 1.40. The molecule has 0 bridgehead atoms. The SMILES string of the molecule is CC(C)S(=O)(=O)Cc1ncc(C#N)s1. The molecule has 0 atom stereocenters. The first-order valence-corrected chi connectivity index (χ1v) is 6.55. The van der Waals surface area contributed by atoms with Crippen LogP contribution in [-0.4, -0.2) is 18.7 Å². The minimum absolute atomic E-state index is 0.0724. The quantitative estimate of drug-likeness (QED) is 0.785. The summed E-state index contributed by atoms with van der Waals surface area (Å²) in [4.78, 5) is 4.31. The number of hydrogen-bond acceptors (Lipinski definition) is 5. The molecule has 0 unspecified atom stereocenters. The normalized spacial score (nSPS) is 11.6. The highest BCUT2D eigenvalue weighted by atomic mass is 32.2. The molecule has 0 amide bonds. The lowest BCUT2D eigenvalue weighted by atomic mass is 10.6. The van der Waals surface area contributed by atoms with Crippen molar-refractivity contribution in [3.05, 3.63) is 16.1 Å². The van der Waals surface area contributed by atoms with Gasteiger partial charge in [0.05, 0.1) is 11.4 Å². The van der Waals surface area contributed by atoms with Gasteiger partial charge in [-0.15, -0.1) is 11.3 Å². The standard InChI is InChI=1S/C8H10N2O2S2/c1-6(2)14(11,12)5-8-10-4-7(3-9)13-8/h4,6H,5H2,1-2H3. The van der Waals surface area contributed by atoms with E-state index in [4.69, 9.17) is 5.26 Å². The summed E-state index contributed by atoms with van der Waals surface area (Å²) in [5.41, 5.74) is 0. The van der Waals surface area contributed by atoms with Gasteiger partial charge in [-0.3, -0.25) is 0 Å². The zero-order chi connectivity index (χ0) is 10.8. The Morgan fingerprint density at radius 2 is 2.29 bits per heavy atom. The van der Waals surface area contributed by atoms with Crippen molar-refractivity contribution in [3.63, 3.8) is 0 Å². The van der Waals surface area contributed by atoms with E-state index in [1.807, 2.05) is 6.07 Å². The van der Waals surface area contributed by atoms with E-state index in [2.05, 4.69) is 4.98 Å². The zero-order valence-electron chi connectivity index (χ0n) is 7.89. The first-order valence-electron chi connectivity index (χ1n) is 4.02. The highest BCUT2D eigenvalue weighted by Crippen LogP contribution is 2.16. The minimum atomic E-state index is -3.11. The molecule has 1 rings (SSSR count). The molecule has 1 aromatic heterocycles. The molecule has 1 heterocycles. The molecule has 0 N–H and O–H groups in total. The summed E-state index contributed by atoms with van der Waals surface area (Å²) >= 11 is 1.13. The Bertz CT molecular complexity index is 454. The van der Waals surface area contributed by atoms with E-state index in [-0.39, 0.29) is 5.75 Å². The highest BCUT2D eigenvalue weighted by Gasteiger charge is 2.18. The van der Waals surface area contributed by atoms with Gasteiger partial charge in [0.15, 0.2) is 9.84 Å². The van der Waals surface area contributed by atoms with Gasteiger partial charge in [-0.2, -0.15) is 5.26 Å². The zero-order valence-corrected chi connectivity index (χ0v) is 9.52. The topological polar surface area (TPSA) is 70.8 Å². The first kappa shape index (κ1) is 11.1. The Morgan fingerprint density at radius 3 is 2.71 bits per heavy atom. The van der Waals surface area contributed by atoms with E-state index in [1.165, 1.54) is 6.20 Å². The molecule has 0 saturated heterocycles. The van der Waals surface area contributed by atoms with Gasteiger partial charge in [-0.05, 0) is 13.8 Å². The molecular formula is C8H10N2O2S2. The lowest BCUT2D eigenvalue weighted by Gasteiger charge is -2.04. The maximum atomic E-state index is 11.5. The summed E-state index contributed by atoms with van der Waals surface area (Å²) in [6.45, 7) is 3.27. The molecule has 1 aromatic rings. The maximum Gasteiger partial charge on any atom is 0.159 e. The van der Waals surface area contributed by atoms with Gasteiger partial charge in [0.1, 0.15) is 21.7 Å². The fourth-order valence-corrected chi connectivity index (χ4v) is 2.76. The highest BCUT2D eigenvalue weighted by molar-refractivity contribution is 7.91. The van der Waals surface area contributed by atoms with Crippen LogP contribution in [0.3, 0.4) is 0 Å². The van der Waals surface area contributed by atoms with E-state index in [9.17, 15) is 8.42 Å². The average Bonchev–Trinajstić information content (AvgIpc) is 2.51. The maximum absolute atomic E-state index is 11.5. The van der Waals surface area contributed by atoms with E-state index >= 15 is 0 Å². The summed E-state index contributed by atoms with van der Waals surface area (Å²) in [5.74, 6) is -0.0724. The molecule has 0 radical (unpaired) electrons. The number of aromatic nitrogens is 1. The largest absolute Gasteiger partial charge is 0.247 e. The molecular weight excluding hydrogens is 220 g/mol. The fourth-order valence-electron chi connectivity index (χ4n) is 0.767. The third-order valence-corrected chi connectivity index (χ3v) is 4.90. The van der Waals surface area contributed by atoms with Crippen LogP contribution < -0.4 is 0 Å². The second-order valence-electron chi connectivity index (χ2n) is 3.09. The number of sulfone groups is 1. The van der Waals surface area contributed by atoms with Crippen LogP contribution in [0, 0.1) is 11.3 Å². The molecule has 6 heteroatoms. The molecule has 14 heavy (non-hydrogen) atoms. The Hall–Kier alpha value is -0.930. The van der Waals surface area contributed by atoms with Crippen molar-refractivity contribution in [2.75, 3.05) is 0 Å². The molecule has 0 fully saturated rings. The molecule has 0 aliphatic rings. The van der Waals surface area contributed by atoms with Crippen LogP contribution in [0.15, 0.2) is 6.20 Å². The average molecular weight is 230 g/mol. The number of nitriles is 1. The monoisotopic (exact) mass is 230 g/mol. The van der Waals surface area contributed by atoms with Crippen LogP contribution in [0.1, 0.15) is 23.7 Å². The molecule has 76 valence electrons. The second-order valence-corrected chi connectivity index (χ2v) is 6.76. The summed E-state index contributed by atoms with van der Waals surface area (Å²) in [7, 11) is -3.11. The molecule has 0 spiro atoms. The summed E-state index contributed by atoms with van der Waals surface area (Å²) in [6, 6.07) is 1.92. The lowest BCUT2D eigenvalue weighted by molar-refractivity contribution is 0.586. The predicted molar refractivity (Wildman–Crippen MR) is 54.6 cm³/mol. The molecule has 0 aromatic carbocycles. The van der Waals surface area contributed by atoms with Gasteiger partial charge in [-0.25, -0.2) is 13.4 Å². The van der Waals surface area contributed by atoms with Gasteiger partial charge in [0.25, 0.3) is 0 Å². The second kappa shape index (κ2) is 4.07. The van der Waals surface area contributed by atoms with Crippen molar-refractivity contribution >= 4 is 21.2 Å². The van der Waals surface area contributed by atoms with Crippen molar-refractivity contribution in [2.24, 2.45) is 0 Å². The van der Waals surface area contributed by atoms with Crippen molar-refractivity contribution in [2.45, 2.75) is 24.9 Å². The molecule has 0 aliphatic carbocycles. The number of nitrogens with zero attached hydrogens (tertiary/aromatic N) is 2. The van der Waals surface area contributed by atoms with Crippen LogP contribution in [0.5, 0.6) is 0 Å². The van der Waals surface area contributed by atoms with E-state index < -0.39 is 15.1 Å². The smallest absolute Gasteiger partial charge is 0.159 e. The lowest BCUT2D eigenvalue weighted by Crippen LogP contribution is -2.15. The van der Waals surface area contributed by atoms with Crippen molar-refractivity contribution in [1.29, 1.82) is 5.26 Å². The third kappa shape index (κ3) is 2.53. The van der Waals surface area contributed by atoms with Gasteiger partial charge in [0.2, 0.25) is 0 Å². The Kier molecular flexibility index (Phi) is 3.24. The van der Waals surface area contributed by atoms with Crippen LogP contribution in [-0.2, 0) is 15.6 Å². The minimum Gasteiger partial charge on any atom is -0.247 e. The van der Waals surface area contributed by atoms with Gasteiger partial charge >= 0.3 is 0 Å². The van der Waals surface area contributed by atoms with Crippen LogP contribution >= 0.6 is 11.3 Å². The first-order chi connectivity index (χ1) is 6.45. The van der Waals surface area contributed by atoms with E-state index in [0.29, 0.717) is 9.88 Å². The fraction of sp³-hybridized carbons (Fsp3) is 0.500. The van der Waals surface area contributed by atoms with Gasteiger partial charge < -0.3 is 0 Å². The molecule has 4 nitrogen and oxygen atoms in total. The Morgan fingerprint density at radius 1 is 1.64 bits per heavy atom. The van der Waals surface area contributed by atoms with Crippen LogP contribution in [0.4, 0.5) is 0 Å². The van der Waals surface area contributed by atoms with Crippen molar-refractivity contribution < 1.29 is 8.42 Å². The van der Waals surface area contributed by atoms with Crippen LogP contribution in [0.2, 0.25) is 0 Å². The van der Waals surface area contributed by atoms with Crippen molar-refractivity contribution in [1.82, 2.24) is 4.98 Å². The summed E-state index contributed by atoms with van der Waals surface area (Å²) in [5, 5.41) is 8.61. The number of hydrogen-bond donors (Lipinski definition) is 0. The van der Waals surface area contributed by atoms with Crippen LogP contribution in [0.25, 0.3) is 0 Å². The third-order valence-electron chi connectivity index (χ3n) is 1.71.